The molecular formula is C19H22F3NO5S. The average molecular weight is 433 g/mol. The highest BCUT2D eigenvalue weighted by Crippen LogP contribution is 2.35. The number of carbonyl (C=O) groups is 2. The van der Waals surface area contributed by atoms with Gasteiger partial charge in [-0.05, 0) is 37.5 Å². The van der Waals surface area contributed by atoms with Crippen molar-refractivity contribution in [3.8, 4) is 0 Å². The number of carbonyl (C=O) groups excluding carboxylic acids is 2. The molecule has 0 spiro atoms. The first-order valence-electron chi connectivity index (χ1n) is 8.88. The SMILES string of the molecule is CCOC=C(C(=O)c1ccc(C(F)(F)F)cc1CN(C)S(C)(=O)=O)C(=O)C1CC1. The first kappa shape index (κ1) is 23.1. The molecule has 1 aromatic carbocycles. The predicted octanol–water partition coefficient (Wildman–Crippen LogP) is 3.18. The first-order valence-corrected chi connectivity index (χ1v) is 10.7. The van der Waals surface area contributed by atoms with Crippen LogP contribution < -0.4 is 0 Å². The molecule has 1 saturated carbocycles. The van der Waals surface area contributed by atoms with Crippen LogP contribution in [0, 0.1) is 5.92 Å². The van der Waals surface area contributed by atoms with Gasteiger partial charge in [-0.15, -0.1) is 0 Å². The molecule has 0 bridgehead atoms. The summed E-state index contributed by atoms with van der Waals surface area (Å²) in [7, 11) is -2.52. The summed E-state index contributed by atoms with van der Waals surface area (Å²) >= 11 is 0. The van der Waals surface area contributed by atoms with E-state index in [2.05, 4.69) is 0 Å². The minimum atomic E-state index is -4.67. The van der Waals surface area contributed by atoms with Crippen molar-refractivity contribution in [2.75, 3.05) is 19.9 Å². The molecule has 0 N–H and O–H groups in total. The number of rotatable bonds is 9. The van der Waals surface area contributed by atoms with Crippen molar-refractivity contribution in [1.82, 2.24) is 4.31 Å². The number of Topliss-reactive ketones (excluding diaryl/α,β-unsaturated/α-hetero) is 2. The molecule has 160 valence electrons. The van der Waals surface area contributed by atoms with Gasteiger partial charge in [-0.25, -0.2) is 12.7 Å². The van der Waals surface area contributed by atoms with Gasteiger partial charge in [0, 0.05) is 25.1 Å². The van der Waals surface area contributed by atoms with E-state index >= 15 is 0 Å². The first-order chi connectivity index (χ1) is 13.4. The minimum Gasteiger partial charge on any atom is -0.501 e. The standard InChI is InChI=1S/C19H22F3NO5S/c1-4-28-11-16(17(24)12-5-6-12)18(25)15-8-7-14(19(20,21)22)9-13(15)10-23(2)29(3,26)27/h7-9,11-12H,4-6,10H2,1-3H3. The maximum atomic E-state index is 13.1. The van der Waals surface area contributed by atoms with Gasteiger partial charge in [0.1, 0.15) is 5.57 Å². The third-order valence-electron chi connectivity index (χ3n) is 4.46. The van der Waals surface area contributed by atoms with Crippen LogP contribution in [0.4, 0.5) is 13.2 Å². The fourth-order valence-corrected chi connectivity index (χ4v) is 2.95. The molecule has 0 aliphatic heterocycles. The Morgan fingerprint density at radius 3 is 2.38 bits per heavy atom. The third-order valence-corrected chi connectivity index (χ3v) is 5.72. The van der Waals surface area contributed by atoms with Crippen molar-refractivity contribution >= 4 is 21.6 Å². The van der Waals surface area contributed by atoms with Crippen LogP contribution in [0.2, 0.25) is 0 Å². The highest BCUT2D eigenvalue weighted by molar-refractivity contribution is 7.88. The fraction of sp³-hybridized carbons (Fsp3) is 0.474. The van der Waals surface area contributed by atoms with Crippen LogP contribution in [-0.2, 0) is 32.3 Å². The second-order valence-corrected chi connectivity index (χ2v) is 8.93. The second kappa shape index (κ2) is 8.66. The number of hydrogen-bond acceptors (Lipinski definition) is 5. The monoisotopic (exact) mass is 433 g/mol. The molecule has 29 heavy (non-hydrogen) atoms. The summed E-state index contributed by atoms with van der Waals surface area (Å²) < 4.78 is 68.8. The van der Waals surface area contributed by atoms with Crippen LogP contribution in [0.1, 0.15) is 41.3 Å². The van der Waals surface area contributed by atoms with E-state index in [4.69, 9.17) is 4.74 Å². The van der Waals surface area contributed by atoms with E-state index < -0.39 is 39.9 Å². The zero-order valence-electron chi connectivity index (χ0n) is 16.2. The molecule has 0 aromatic heterocycles. The Labute approximate surface area is 167 Å². The number of ketones is 2. The summed E-state index contributed by atoms with van der Waals surface area (Å²) in [5.74, 6) is -1.52. The van der Waals surface area contributed by atoms with Crippen molar-refractivity contribution in [2.24, 2.45) is 5.92 Å². The summed E-state index contributed by atoms with van der Waals surface area (Å²) in [5, 5.41) is 0. The van der Waals surface area contributed by atoms with Gasteiger partial charge in [0.25, 0.3) is 0 Å². The van der Waals surface area contributed by atoms with E-state index in [-0.39, 0.29) is 29.2 Å². The summed E-state index contributed by atoms with van der Waals surface area (Å²) in [5.41, 5.74) is -1.59. The van der Waals surface area contributed by atoms with Crippen molar-refractivity contribution < 1.29 is 35.9 Å². The van der Waals surface area contributed by atoms with Gasteiger partial charge in [-0.1, -0.05) is 6.07 Å². The number of sulfonamides is 1. The number of halogens is 3. The lowest BCUT2D eigenvalue weighted by Crippen LogP contribution is -2.27. The number of nitrogens with zero attached hydrogens (tertiary/aromatic N) is 1. The molecule has 1 fully saturated rings. The molecule has 0 amide bonds. The molecule has 0 radical (unpaired) electrons. The lowest BCUT2D eigenvalue weighted by Gasteiger charge is -2.18. The number of ether oxygens (including phenoxy) is 1. The topological polar surface area (TPSA) is 80.8 Å². The van der Waals surface area contributed by atoms with Crippen LogP contribution in [0.3, 0.4) is 0 Å². The molecule has 0 heterocycles. The van der Waals surface area contributed by atoms with Crippen molar-refractivity contribution in [2.45, 2.75) is 32.5 Å². The highest BCUT2D eigenvalue weighted by Gasteiger charge is 2.37. The molecule has 1 aliphatic carbocycles. The smallest absolute Gasteiger partial charge is 0.416 e. The molecule has 10 heteroatoms. The quantitative estimate of drug-likeness (QED) is 0.196. The van der Waals surface area contributed by atoms with Gasteiger partial charge in [0.05, 0.1) is 24.7 Å². The predicted molar refractivity (Wildman–Crippen MR) is 99.5 cm³/mol. The minimum absolute atomic E-state index is 0.149. The lowest BCUT2D eigenvalue weighted by atomic mass is 9.93. The van der Waals surface area contributed by atoms with E-state index in [0.29, 0.717) is 12.8 Å². The average Bonchev–Trinajstić information content (AvgIpc) is 3.45. The molecule has 6 nitrogen and oxygen atoms in total. The highest BCUT2D eigenvalue weighted by atomic mass is 32.2. The zero-order chi connectivity index (χ0) is 22.0. The number of hydrogen-bond donors (Lipinski definition) is 0. The maximum absolute atomic E-state index is 13.1. The Hall–Kier alpha value is -2.20. The summed E-state index contributed by atoms with van der Waals surface area (Å²) in [6, 6.07) is 2.43. The third kappa shape index (κ3) is 5.89. The summed E-state index contributed by atoms with van der Waals surface area (Å²) in [4.78, 5) is 25.5. The molecule has 1 aromatic rings. The zero-order valence-corrected chi connectivity index (χ0v) is 17.1. The van der Waals surface area contributed by atoms with E-state index in [9.17, 15) is 31.2 Å². The van der Waals surface area contributed by atoms with Gasteiger partial charge in [0.2, 0.25) is 10.0 Å². The Morgan fingerprint density at radius 2 is 1.90 bits per heavy atom. The Morgan fingerprint density at radius 1 is 1.28 bits per heavy atom. The molecule has 1 aliphatic rings. The summed E-state index contributed by atoms with van der Waals surface area (Å²) in [6.45, 7) is 1.40. The van der Waals surface area contributed by atoms with Crippen molar-refractivity contribution in [1.29, 1.82) is 0 Å². The van der Waals surface area contributed by atoms with E-state index in [0.717, 1.165) is 35.0 Å². The largest absolute Gasteiger partial charge is 0.501 e. The maximum Gasteiger partial charge on any atom is 0.416 e. The van der Waals surface area contributed by atoms with E-state index in [1.807, 2.05) is 0 Å². The van der Waals surface area contributed by atoms with Crippen molar-refractivity contribution in [3.63, 3.8) is 0 Å². The molecule has 0 unspecified atom stereocenters. The second-order valence-electron chi connectivity index (χ2n) is 6.84. The normalized spacial score (nSPS) is 15.5. The molecule has 2 rings (SSSR count). The van der Waals surface area contributed by atoms with Gasteiger partial charge in [-0.3, -0.25) is 9.59 Å². The van der Waals surface area contributed by atoms with Crippen LogP contribution in [0.25, 0.3) is 0 Å². The van der Waals surface area contributed by atoms with Crippen LogP contribution in [0.15, 0.2) is 30.0 Å². The van der Waals surface area contributed by atoms with Gasteiger partial charge >= 0.3 is 6.18 Å². The van der Waals surface area contributed by atoms with Crippen LogP contribution in [-0.4, -0.2) is 44.2 Å². The van der Waals surface area contributed by atoms with Crippen LogP contribution >= 0.6 is 0 Å². The van der Waals surface area contributed by atoms with E-state index in [1.54, 1.807) is 6.92 Å². The Kier molecular flexibility index (Phi) is 6.89. The van der Waals surface area contributed by atoms with Gasteiger partial charge in [0.15, 0.2) is 11.6 Å². The van der Waals surface area contributed by atoms with Crippen molar-refractivity contribution in [3.05, 3.63) is 46.7 Å². The number of benzene rings is 1. The van der Waals surface area contributed by atoms with Crippen LogP contribution in [0.5, 0.6) is 0 Å². The number of allylic oxidation sites excluding steroid dienone is 1. The molecule has 0 saturated heterocycles. The molecular weight excluding hydrogens is 411 g/mol. The fourth-order valence-electron chi connectivity index (χ4n) is 2.58. The Balaban J connectivity index is 2.53. The Bertz CT molecular complexity index is 934. The van der Waals surface area contributed by atoms with Gasteiger partial charge in [-0.2, -0.15) is 13.2 Å². The lowest BCUT2D eigenvalue weighted by molar-refractivity contribution is -0.137. The number of alkyl halides is 3. The van der Waals surface area contributed by atoms with Gasteiger partial charge < -0.3 is 4.74 Å². The summed E-state index contributed by atoms with van der Waals surface area (Å²) in [6.07, 6.45) is -1.48. The van der Waals surface area contributed by atoms with E-state index in [1.165, 1.54) is 7.05 Å². The molecule has 0 atom stereocenters.